The number of thiazole rings is 1. The van der Waals surface area contributed by atoms with E-state index in [9.17, 15) is 9.59 Å². The number of hydrogen-bond donors (Lipinski definition) is 1. The summed E-state index contributed by atoms with van der Waals surface area (Å²) in [5.74, 6) is 0.680. The molecule has 4 aromatic rings. The fourth-order valence-corrected chi connectivity index (χ4v) is 4.14. The maximum atomic E-state index is 12.6. The fraction of sp³-hybridized carbons (Fsp3) is 0.174. The molecule has 0 saturated carbocycles. The summed E-state index contributed by atoms with van der Waals surface area (Å²) in [4.78, 5) is 29.6. The van der Waals surface area contributed by atoms with Crippen LogP contribution in [0.2, 0.25) is 0 Å². The number of fused-ring (bicyclic) bond motifs is 1. The van der Waals surface area contributed by atoms with Gasteiger partial charge in [-0.2, -0.15) is 0 Å². The summed E-state index contributed by atoms with van der Waals surface area (Å²) >= 11 is 1.47. The number of methoxy groups -OCH3 is 3. The van der Waals surface area contributed by atoms with Gasteiger partial charge in [0.25, 0.3) is 0 Å². The Morgan fingerprint density at radius 1 is 1.03 bits per heavy atom. The highest BCUT2D eigenvalue weighted by Gasteiger charge is 2.14. The fourth-order valence-electron chi connectivity index (χ4n) is 3.27. The predicted molar refractivity (Wildman–Crippen MR) is 122 cm³/mol. The Labute approximate surface area is 188 Å². The lowest BCUT2D eigenvalue weighted by Gasteiger charge is -2.08. The number of amides is 1. The summed E-state index contributed by atoms with van der Waals surface area (Å²) < 4.78 is 17.3. The van der Waals surface area contributed by atoms with Gasteiger partial charge in [-0.1, -0.05) is 0 Å². The lowest BCUT2D eigenvalue weighted by molar-refractivity contribution is -0.115. The largest absolute Gasteiger partial charge is 0.493 e. The van der Waals surface area contributed by atoms with Gasteiger partial charge in [0.2, 0.25) is 5.91 Å². The van der Waals surface area contributed by atoms with Crippen LogP contribution in [0.15, 0.2) is 54.0 Å². The van der Waals surface area contributed by atoms with Crippen LogP contribution < -0.4 is 14.8 Å². The van der Waals surface area contributed by atoms with Crippen LogP contribution >= 0.6 is 11.3 Å². The number of ether oxygens (including phenoxy) is 3. The normalized spacial score (nSPS) is 10.7. The lowest BCUT2D eigenvalue weighted by atomic mass is 10.1. The minimum atomic E-state index is -0.422. The molecule has 2 heterocycles. The van der Waals surface area contributed by atoms with E-state index in [0.29, 0.717) is 22.7 Å². The number of rotatable bonds is 7. The average molecular weight is 452 g/mol. The molecule has 0 unspecified atom stereocenters. The number of nitrogens with zero attached hydrogens (tertiary/aromatic N) is 2. The molecule has 164 valence electrons. The van der Waals surface area contributed by atoms with E-state index in [1.54, 1.807) is 38.5 Å². The minimum absolute atomic E-state index is 0.170. The molecule has 0 aliphatic heterocycles. The van der Waals surface area contributed by atoms with Crippen molar-refractivity contribution in [2.75, 3.05) is 26.6 Å². The zero-order valence-electron chi connectivity index (χ0n) is 17.7. The molecule has 0 aliphatic carbocycles. The number of aromatic nitrogens is 2. The van der Waals surface area contributed by atoms with Crippen molar-refractivity contribution in [2.24, 2.45) is 0 Å². The number of imidazole rings is 1. The number of anilines is 1. The van der Waals surface area contributed by atoms with Crippen LogP contribution in [0.25, 0.3) is 16.2 Å². The van der Waals surface area contributed by atoms with Crippen LogP contribution in [0.1, 0.15) is 16.1 Å². The lowest BCUT2D eigenvalue weighted by Crippen LogP contribution is -2.15. The molecule has 9 heteroatoms. The van der Waals surface area contributed by atoms with E-state index in [2.05, 4.69) is 15.0 Å². The van der Waals surface area contributed by atoms with E-state index < -0.39 is 5.97 Å². The smallest absolute Gasteiger partial charge is 0.337 e. The standard InChI is InChI=1S/C23H21N3O5S/c1-29-19-9-6-15(10-20(19)30-2)18-12-26-17(13-32-23(26)25-18)11-21(27)24-16-7-4-14(5-8-16)22(28)31-3/h4-10,12-13H,11H2,1-3H3,(H,24,27). The molecule has 4 rings (SSSR count). The van der Waals surface area contributed by atoms with Gasteiger partial charge in [-0.25, -0.2) is 9.78 Å². The van der Waals surface area contributed by atoms with Crippen molar-refractivity contribution in [1.82, 2.24) is 9.38 Å². The maximum Gasteiger partial charge on any atom is 0.337 e. The highest BCUT2D eigenvalue weighted by atomic mass is 32.1. The van der Waals surface area contributed by atoms with Gasteiger partial charge in [-0.15, -0.1) is 11.3 Å². The summed E-state index contributed by atoms with van der Waals surface area (Å²) in [6.45, 7) is 0. The Kier molecular flexibility index (Phi) is 6.09. The Morgan fingerprint density at radius 2 is 1.78 bits per heavy atom. The molecule has 0 saturated heterocycles. The SMILES string of the molecule is COC(=O)c1ccc(NC(=O)Cc2csc3nc(-c4ccc(OC)c(OC)c4)cn23)cc1. The monoisotopic (exact) mass is 451 g/mol. The average Bonchev–Trinajstić information content (AvgIpc) is 3.40. The van der Waals surface area contributed by atoms with Crippen molar-refractivity contribution >= 4 is 33.9 Å². The van der Waals surface area contributed by atoms with Gasteiger partial charge in [0.15, 0.2) is 16.5 Å². The zero-order valence-corrected chi connectivity index (χ0v) is 18.6. The van der Waals surface area contributed by atoms with Crippen LogP contribution in [-0.4, -0.2) is 42.6 Å². The number of esters is 1. The molecule has 0 spiro atoms. The summed E-state index contributed by atoms with van der Waals surface area (Å²) in [7, 11) is 4.51. The molecule has 0 bridgehead atoms. The third-order valence-corrected chi connectivity index (χ3v) is 5.78. The van der Waals surface area contributed by atoms with Gasteiger partial charge in [-0.3, -0.25) is 9.20 Å². The van der Waals surface area contributed by atoms with E-state index in [4.69, 9.17) is 9.47 Å². The summed E-state index contributed by atoms with van der Waals surface area (Å²) in [6, 6.07) is 12.2. The van der Waals surface area contributed by atoms with Crippen LogP contribution in [0.4, 0.5) is 5.69 Å². The molecule has 0 fully saturated rings. The van der Waals surface area contributed by atoms with E-state index in [0.717, 1.165) is 21.9 Å². The third kappa shape index (κ3) is 4.28. The van der Waals surface area contributed by atoms with Crippen molar-refractivity contribution in [2.45, 2.75) is 6.42 Å². The molecule has 0 radical (unpaired) electrons. The van der Waals surface area contributed by atoms with Crippen LogP contribution in [0, 0.1) is 0 Å². The van der Waals surface area contributed by atoms with Crippen molar-refractivity contribution in [3.05, 3.63) is 65.3 Å². The number of carbonyl (C=O) groups excluding carboxylic acids is 2. The molecular weight excluding hydrogens is 430 g/mol. The van der Waals surface area contributed by atoms with E-state index >= 15 is 0 Å². The number of hydrogen-bond acceptors (Lipinski definition) is 7. The first-order valence-electron chi connectivity index (χ1n) is 9.68. The maximum absolute atomic E-state index is 12.6. The quantitative estimate of drug-likeness (QED) is 0.426. The van der Waals surface area contributed by atoms with Crippen molar-refractivity contribution in [3.8, 4) is 22.8 Å². The molecular formula is C23H21N3O5S. The van der Waals surface area contributed by atoms with E-state index in [1.165, 1.54) is 18.4 Å². The number of benzene rings is 2. The Bertz CT molecular complexity index is 1280. The van der Waals surface area contributed by atoms with Gasteiger partial charge in [0.05, 0.1) is 39.0 Å². The second-order valence-corrected chi connectivity index (χ2v) is 7.71. The Morgan fingerprint density at radius 3 is 2.47 bits per heavy atom. The molecule has 32 heavy (non-hydrogen) atoms. The van der Waals surface area contributed by atoms with Crippen LogP contribution in [0.5, 0.6) is 11.5 Å². The van der Waals surface area contributed by atoms with Gasteiger partial charge < -0.3 is 19.5 Å². The summed E-state index contributed by atoms with van der Waals surface area (Å²) in [6.07, 6.45) is 2.08. The first-order chi connectivity index (χ1) is 15.5. The van der Waals surface area contributed by atoms with Crippen molar-refractivity contribution < 1.29 is 23.8 Å². The predicted octanol–water partition coefficient (Wildman–Crippen LogP) is 4.05. The zero-order chi connectivity index (χ0) is 22.7. The summed E-state index contributed by atoms with van der Waals surface area (Å²) in [5, 5.41) is 4.76. The molecule has 0 atom stereocenters. The van der Waals surface area contributed by atoms with E-state index in [1.807, 2.05) is 34.2 Å². The molecule has 1 amide bonds. The Hall–Kier alpha value is -3.85. The molecule has 2 aromatic heterocycles. The number of carbonyl (C=O) groups is 2. The second kappa shape index (κ2) is 9.11. The topological polar surface area (TPSA) is 91.2 Å². The first-order valence-corrected chi connectivity index (χ1v) is 10.6. The van der Waals surface area contributed by atoms with Crippen LogP contribution in [-0.2, 0) is 16.0 Å². The van der Waals surface area contributed by atoms with Gasteiger partial charge >= 0.3 is 5.97 Å². The van der Waals surface area contributed by atoms with Crippen molar-refractivity contribution in [1.29, 1.82) is 0 Å². The molecule has 8 nitrogen and oxygen atoms in total. The Balaban J connectivity index is 1.50. The molecule has 1 N–H and O–H groups in total. The van der Waals surface area contributed by atoms with Crippen LogP contribution in [0.3, 0.4) is 0 Å². The highest BCUT2D eigenvalue weighted by molar-refractivity contribution is 7.15. The van der Waals surface area contributed by atoms with Gasteiger partial charge in [0, 0.05) is 28.5 Å². The first kappa shape index (κ1) is 21.4. The molecule has 0 aliphatic rings. The third-order valence-electron chi connectivity index (χ3n) is 4.89. The van der Waals surface area contributed by atoms with E-state index in [-0.39, 0.29) is 12.3 Å². The second-order valence-electron chi connectivity index (χ2n) is 6.87. The minimum Gasteiger partial charge on any atom is -0.493 e. The van der Waals surface area contributed by atoms with Gasteiger partial charge in [0.1, 0.15) is 0 Å². The number of nitrogens with one attached hydrogen (secondary N) is 1. The van der Waals surface area contributed by atoms with Crippen molar-refractivity contribution in [3.63, 3.8) is 0 Å². The summed E-state index contributed by atoms with van der Waals surface area (Å²) in [5.41, 5.74) is 3.52. The van der Waals surface area contributed by atoms with Gasteiger partial charge in [-0.05, 0) is 42.5 Å². The molecule has 2 aromatic carbocycles. The highest BCUT2D eigenvalue weighted by Crippen LogP contribution is 2.32.